The summed E-state index contributed by atoms with van der Waals surface area (Å²) in [4.78, 5) is 9.45. The molecule has 2 aliphatic heterocycles. The van der Waals surface area contributed by atoms with Crippen LogP contribution in [0.3, 0.4) is 0 Å². The minimum atomic E-state index is 0.458. The van der Waals surface area contributed by atoms with Crippen LogP contribution in [-0.2, 0) is 12.8 Å². The molecule has 1 unspecified atom stereocenters. The van der Waals surface area contributed by atoms with Gasteiger partial charge in [0.2, 0.25) is 0 Å². The molecule has 2 aromatic rings. The summed E-state index contributed by atoms with van der Waals surface area (Å²) in [6.45, 7) is 8.97. The Morgan fingerprint density at radius 1 is 1.15 bits per heavy atom. The lowest BCUT2D eigenvalue weighted by Crippen LogP contribution is -2.47. The maximum Gasteiger partial charge on any atom is 0.122 e. The Kier molecular flexibility index (Phi) is 5.51. The molecule has 26 heavy (non-hydrogen) atoms. The van der Waals surface area contributed by atoms with Crippen LogP contribution in [0.1, 0.15) is 36.1 Å². The van der Waals surface area contributed by atoms with Crippen molar-refractivity contribution in [3.8, 4) is 5.75 Å². The zero-order chi connectivity index (χ0) is 17.8. The number of ether oxygens (including phenoxy) is 1. The Balaban J connectivity index is 1.21. The van der Waals surface area contributed by atoms with E-state index >= 15 is 0 Å². The van der Waals surface area contributed by atoms with Crippen LogP contribution < -0.4 is 4.74 Å². The quantitative estimate of drug-likeness (QED) is 0.798. The lowest BCUT2D eigenvalue weighted by atomic mass is 10.0. The van der Waals surface area contributed by atoms with Gasteiger partial charge in [-0.25, -0.2) is 0 Å². The van der Waals surface area contributed by atoms with Gasteiger partial charge in [0.25, 0.3) is 0 Å². The maximum atomic E-state index is 5.60. The van der Waals surface area contributed by atoms with Crippen LogP contribution in [0, 0.1) is 0 Å². The summed E-state index contributed by atoms with van der Waals surface area (Å²) in [5.41, 5.74) is 4.17. The van der Waals surface area contributed by atoms with Crippen molar-refractivity contribution >= 4 is 0 Å². The van der Waals surface area contributed by atoms with Gasteiger partial charge in [-0.05, 0) is 55.1 Å². The van der Waals surface area contributed by atoms with Gasteiger partial charge in [-0.1, -0.05) is 18.2 Å². The molecule has 4 nitrogen and oxygen atoms in total. The number of fused-ring (bicyclic) bond motifs is 1. The first-order chi connectivity index (χ1) is 12.8. The molecule has 1 aromatic carbocycles. The normalized spacial score (nSPS) is 19.1. The van der Waals surface area contributed by atoms with E-state index in [2.05, 4.69) is 46.0 Å². The van der Waals surface area contributed by atoms with E-state index in [9.17, 15) is 0 Å². The van der Waals surface area contributed by atoms with E-state index in [1.54, 1.807) is 0 Å². The number of hydrogen-bond acceptors (Lipinski definition) is 4. The zero-order valence-electron chi connectivity index (χ0n) is 15.7. The number of nitrogens with zero attached hydrogens (tertiary/aromatic N) is 3. The zero-order valence-corrected chi connectivity index (χ0v) is 15.7. The Morgan fingerprint density at radius 3 is 2.85 bits per heavy atom. The van der Waals surface area contributed by atoms with Crippen molar-refractivity contribution in [3.05, 3.63) is 59.4 Å². The van der Waals surface area contributed by atoms with E-state index in [1.165, 1.54) is 49.2 Å². The van der Waals surface area contributed by atoms with E-state index in [0.29, 0.717) is 6.04 Å². The first-order valence-electron chi connectivity index (χ1n) is 9.90. The predicted octanol–water partition coefficient (Wildman–Crippen LogP) is 3.33. The van der Waals surface area contributed by atoms with Crippen molar-refractivity contribution in [1.82, 2.24) is 14.8 Å². The summed E-state index contributed by atoms with van der Waals surface area (Å²) < 4.78 is 5.60. The second kappa shape index (κ2) is 8.19. The van der Waals surface area contributed by atoms with E-state index < -0.39 is 0 Å². The monoisotopic (exact) mass is 351 g/mol. The summed E-state index contributed by atoms with van der Waals surface area (Å²) in [5, 5.41) is 0. The number of rotatable bonds is 6. The molecule has 0 saturated carbocycles. The number of benzene rings is 1. The van der Waals surface area contributed by atoms with Gasteiger partial charge in [-0.15, -0.1) is 0 Å². The highest BCUT2D eigenvalue weighted by molar-refractivity contribution is 5.39. The SMILES string of the molecule is CC(c1cccnc1)N1CCN(CCCc2ccc3c(c2)CCO3)CC1. The number of piperazine rings is 1. The van der Waals surface area contributed by atoms with Gasteiger partial charge < -0.3 is 9.64 Å². The molecule has 138 valence electrons. The van der Waals surface area contributed by atoms with Crippen LogP contribution in [0.25, 0.3) is 0 Å². The molecule has 2 aliphatic rings. The van der Waals surface area contributed by atoms with E-state index in [1.807, 2.05) is 18.5 Å². The molecule has 4 heteroatoms. The fourth-order valence-corrected chi connectivity index (χ4v) is 4.11. The van der Waals surface area contributed by atoms with Gasteiger partial charge in [-0.3, -0.25) is 9.88 Å². The van der Waals surface area contributed by atoms with E-state index in [4.69, 9.17) is 4.74 Å². The molecule has 1 fully saturated rings. The molecule has 0 N–H and O–H groups in total. The van der Waals surface area contributed by atoms with Crippen LogP contribution in [-0.4, -0.2) is 54.1 Å². The molecular formula is C22H29N3O. The average molecular weight is 351 g/mol. The first kappa shape index (κ1) is 17.5. The molecule has 1 aromatic heterocycles. The highest BCUT2D eigenvalue weighted by Gasteiger charge is 2.21. The fourth-order valence-electron chi connectivity index (χ4n) is 4.11. The summed E-state index contributed by atoms with van der Waals surface area (Å²) in [5.74, 6) is 1.09. The van der Waals surface area contributed by atoms with Crippen LogP contribution in [0.5, 0.6) is 5.75 Å². The minimum Gasteiger partial charge on any atom is -0.493 e. The molecular weight excluding hydrogens is 322 g/mol. The first-order valence-corrected chi connectivity index (χ1v) is 9.90. The summed E-state index contributed by atoms with van der Waals surface area (Å²) in [7, 11) is 0. The molecule has 3 heterocycles. The smallest absolute Gasteiger partial charge is 0.122 e. The molecule has 1 saturated heterocycles. The van der Waals surface area contributed by atoms with Gasteiger partial charge in [0.1, 0.15) is 5.75 Å². The van der Waals surface area contributed by atoms with Crippen molar-refractivity contribution in [2.75, 3.05) is 39.3 Å². The number of aromatic nitrogens is 1. The van der Waals surface area contributed by atoms with Crippen molar-refractivity contribution in [2.45, 2.75) is 32.2 Å². The topological polar surface area (TPSA) is 28.6 Å². The summed E-state index contributed by atoms with van der Waals surface area (Å²) >= 11 is 0. The predicted molar refractivity (Wildman–Crippen MR) is 105 cm³/mol. The van der Waals surface area contributed by atoms with E-state index in [0.717, 1.165) is 31.9 Å². The van der Waals surface area contributed by atoms with Gasteiger partial charge in [-0.2, -0.15) is 0 Å². The van der Waals surface area contributed by atoms with Gasteiger partial charge >= 0.3 is 0 Å². The Labute approximate surface area is 156 Å². The molecule has 0 spiro atoms. The molecule has 0 radical (unpaired) electrons. The number of pyridine rings is 1. The molecule has 1 atom stereocenters. The lowest BCUT2D eigenvalue weighted by Gasteiger charge is -2.38. The molecule has 0 amide bonds. The third kappa shape index (κ3) is 4.08. The third-order valence-electron chi connectivity index (χ3n) is 5.82. The van der Waals surface area contributed by atoms with Crippen LogP contribution >= 0.6 is 0 Å². The lowest BCUT2D eigenvalue weighted by molar-refractivity contribution is 0.101. The minimum absolute atomic E-state index is 0.458. The summed E-state index contributed by atoms with van der Waals surface area (Å²) in [6, 6.07) is 11.4. The second-order valence-electron chi connectivity index (χ2n) is 7.48. The van der Waals surface area contributed by atoms with Crippen molar-refractivity contribution in [1.29, 1.82) is 0 Å². The average Bonchev–Trinajstić information content (AvgIpc) is 3.16. The highest BCUT2D eigenvalue weighted by atomic mass is 16.5. The fraction of sp³-hybridized carbons (Fsp3) is 0.500. The standard InChI is InChI=1S/C22H29N3O/c1-18(21-5-2-9-23-17-21)25-13-11-24(12-14-25)10-3-4-19-6-7-22-20(16-19)8-15-26-22/h2,5-7,9,16-18H,3-4,8,10-15H2,1H3. The van der Waals surface area contributed by atoms with Crippen LogP contribution in [0.4, 0.5) is 0 Å². The molecule has 4 rings (SSSR count). The summed E-state index contributed by atoms with van der Waals surface area (Å²) in [6.07, 6.45) is 7.32. The Hall–Kier alpha value is -1.91. The van der Waals surface area contributed by atoms with Crippen molar-refractivity contribution in [2.24, 2.45) is 0 Å². The molecule has 0 bridgehead atoms. The van der Waals surface area contributed by atoms with Crippen molar-refractivity contribution in [3.63, 3.8) is 0 Å². The largest absolute Gasteiger partial charge is 0.493 e. The van der Waals surface area contributed by atoms with Gasteiger partial charge in [0.15, 0.2) is 0 Å². The molecule has 0 aliphatic carbocycles. The van der Waals surface area contributed by atoms with Crippen LogP contribution in [0.15, 0.2) is 42.7 Å². The van der Waals surface area contributed by atoms with E-state index in [-0.39, 0.29) is 0 Å². The number of aryl methyl sites for hydroxylation is 1. The highest BCUT2D eigenvalue weighted by Crippen LogP contribution is 2.26. The third-order valence-corrected chi connectivity index (χ3v) is 5.82. The van der Waals surface area contributed by atoms with Gasteiger partial charge in [0, 0.05) is 51.0 Å². The van der Waals surface area contributed by atoms with Crippen molar-refractivity contribution < 1.29 is 4.74 Å². The van der Waals surface area contributed by atoms with Crippen LogP contribution in [0.2, 0.25) is 0 Å². The van der Waals surface area contributed by atoms with Gasteiger partial charge in [0.05, 0.1) is 6.61 Å². The second-order valence-corrected chi connectivity index (χ2v) is 7.48. The number of hydrogen-bond donors (Lipinski definition) is 0. The Morgan fingerprint density at radius 2 is 2.04 bits per heavy atom. The Bertz CT molecular complexity index is 711. The maximum absolute atomic E-state index is 5.60.